The summed E-state index contributed by atoms with van der Waals surface area (Å²) in [6.45, 7) is 5.23. The molecule has 150 valence electrons. The molecule has 0 unspecified atom stereocenters. The van der Waals surface area contributed by atoms with Gasteiger partial charge in [0.15, 0.2) is 0 Å². The number of amides is 2. The smallest absolute Gasteiger partial charge is 0.407 e. The highest BCUT2D eigenvalue weighted by Crippen LogP contribution is 2.22. The highest BCUT2D eigenvalue weighted by Gasteiger charge is 2.22. The maximum atomic E-state index is 12.1. The van der Waals surface area contributed by atoms with Crippen LogP contribution in [0.1, 0.15) is 49.9 Å². The molecule has 7 nitrogen and oxygen atoms in total. The van der Waals surface area contributed by atoms with Gasteiger partial charge in [0.1, 0.15) is 5.75 Å². The van der Waals surface area contributed by atoms with Crippen LogP contribution in [0.5, 0.6) is 5.75 Å². The van der Waals surface area contributed by atoms with Crippen LogP contribution in [0.25, 0.3) is 0 Å². The Bertz CT molecular complexity index is 622. The van der Waals surface area contributed by atoms with Gasteiger partial charge in [0, 0.05) is 18.7 Å². The lowest BCUT2D eigenvalue weighted by Gasteiger charge is -2.29. The van der Waals surface area contributed by atoms with Gasteiger partial charge in [-0.05, 0) is 69.7 Å². The number of nitrogens with zero attached hydrogens (tertiary/aromatic N) is 1. The van der Waals surface area contributed by atoms with Crippen molar-refractivity contribution in [1.82, 2.24) is 10.2 Å². The van der Waals surface area contributed by atoms with Gasteiger partial charge >= 0.3 is 6.09 Å². The van der Waals surface area contributed by atoms with E-state index in [1.807, 2.05) is 0 Å². The quantitative estimate of drug-likeness (QED) is 0.604. The molecule has 1 aliphatic rings. The summed E-state index contributed by atoms with van der Waals surface area (Å²) in [5.41, 5.74) is -0.138. The second-order valence-electron chi connectivity index (χ2n) is 7.72. The normalized spacial score (nSPS) is 15.4. The van der Waals surface area contributed by atoms with Gasteiger partial charge in [-0.1, -0.05) is 0 Å². The Balaban J connectivity index is 1.68. The van der Waals surface area contributed by atoms with Crippen molar-refractivity contribution in [3.05, 3.63) is 29.8 Å². The number of likely N-dealkylation sites (tertiary alicyclic amines) is 1. The molecular weight excluding hydrogens is 348 g/mol. The molecule has 27 heavy (non-hydrogen) atoms. The number of aliphatic hydroxyl groups is 1. The summed E-state index contributed by atoms with van der Waals surface area (Å²) in [4.78, 5) is 24.5. The Morgan fingerprint density at radius 2 is 1.85 bits per heavy atom. The van der Waals surface area contributed by atoms with Crippen molar-refractivity contribution in [3.8, 4) is 5.75 Å². The summed E-state index contributed by atoms with van der Waals surface area (Å²) in [6.07, 6.45) is 2.96. The maximum Gasteiger partial charge on any atom is 0.407 e. The molecule has 0 saturated carbocycles. The molecule has 0 aliphatic carbocycles. The molecule has 1 heterocycles. The first kappa shape index (κ1) is 21.0. The van der Waals surface area contributed by atoms with E-state index in [9.17, 15) is 14.7 Å². The first-order valence-corrected chi connectivity index (χ1v) is 9.45. The predicted molar refractivity (Wildman–Crippen MR) is 102 cm³/mol. The average Bonchev–Trinajstić information content (AvgIpc) is 2.65. The van der Waals surface area contributed by atoms with Crippen LogP contribution in [0.2, 0.25) is 0 Å². The van der Waals surface area contributed by atoms with Gasteiger partial charge in [-0.15, -0.1) is 0 Å². The number of hydrogen-bond donors (Lipinski definition) is 3. The Hall–Kier alpha value is -2.28. The molecule has 2 amide bonds. The van der Waals surface area contributed by atoms with Crippen LogP contribution in [0.4, 0.5) is 4.79 Å². The average molecular weight is 378 g/mol. The second-order valence-corrected chi connectivity index (χ2v) is 7.72. The zero-order valence-corrected chi connectivity index (χ0v) is 16.1. The van der Waals surface area contributed by atoms with E-state index in [1.54, 1.807) is 38.1 Å². The lowest BCUT2D eigenvalue weighted by molar-refractivity contribution is 0.0869. The minimum Gasteiger partial charge on any atom is -0.494 e. The van der Waals surface area contributed by atoms with Gasteiger partial charge in [-0.25, -0.2) is 4.79 Å². The highest BCUT2D eigenvalue weighted by molar-refractivity contribution is 5.94. The predicted octanol–water partition coefficient (Wildman–Crippen LogP) is 2.74. The van der Waals surface area contributed by atoms with Gasteiger partial charge in [-0.3, -0.25) is 4.79 Å². The Labute approximate surface area is 160 Å². The van der Waals surface area contributed by atoms with Crippen molar-refractivity contribution in [3.63, 3.8) is 0 Å². The Morgan fingerprint density at radius 3 is 2.41 bits per heavy atom. The third-order valence-corrected chi connectivity index (χ3v) is 4.87. The van der Waals surface area contributed by atoms with Crippen molar-refractivity contribution in [2.75, 3.05) is 26.3 Å². The van der Waals surface area contributed by atoms with E-state index in [4.69, 9.17) is 9.84 Å². The van der Waals surface area contributed by atoms with Crippen LogP contribution < -0.4 is 10.1 Å². The third kappa shape index (κ3) is 6.75. The van der Waals surface area contributed by atoms with Crippen molar-refractivity contribution in [1.29, 1.82) is 0 Å². The molecule has 1 saturated heterocycles. The van der Waals surface area contributed by atoms with Crippen LogP contribution in [-0.4, -0.2) is 59.0 Å². The molecular formula is C20H30N2O5. The molecule has 1 aromatic rings. The summed E-state index contributed by atoms with van der Waals surface area (Å²) in [5.74, 6) is 1.05. The Morgan fingerprint density at radius 1 is 1.22 bits per heavy atom. The monoisotopic (exact) mass is 378 g/mol. The van der Waals surface area contributed by atoms with E-state index < -0.39 is 11.6 Å². The van der Waals surface area contributed by atoms with Crippen molar-refractivity contribution in [2.24, 2.45) is 5.92 Å². The van der Waals surface area contributed by atoms with E-state index in [-0.39, 0.29) is 12.5 Å². The second kappa shape index (κ2) is 9.60. The standard InChI is InChI=1S/C20H30N2O5/c1-20(2,14-23)21-18(24)16-5-7-17(8-6-16)27-13-3-4-15-9-11-22(12-10-15)19(25)26/h5-8,15,23H,3-4,9-14H2,1-2H3,(H,21,24)(H,25,26). The SMILES string of the molecule is CC(C)(CO)NC(=O)c1ccc(OCCCC2CCN(C(=O)O)CC2)cc1. The van der Waals surface area contributed by atoms with Crippen LogP contribution >= 0.6 is 0 Å². The fourth-order valence-corrected chi connectivity index (χ4v) is 3.10. The van der Waals surface area contributed by atoms with E-state index in [0.717, 1.165) is 25.7 Å². The molecule has 0 bridgehead atoms. The largest absolute Gasteiger partial charge is 0.494 e. The number of carbonyl (C=O) groups excluding carboxylic acids is 1. The van der Waals surface area contributed by atoms with Crippen molar-refractivity contribution >= 4 is 12.0 Å². The van der Waals surface area contributed by atoms with Gasteiger partial charge in [0.25, 0.3) is 5.91 Å². The summed E-state index contributed by atoms with van der Waals surface area (Å²) in [5, 5.41) is 20.9. The number of carbonyl (C=O) groups is 2. The molecule has 0 atom stereocenters. The molecule has 7 heteroatoms. The molecule has 0 spiro atoms. The first-order valence-electron chi connectivity index (χ1n) is 9.45. The topological polar surface area (TPSA) is 99.1 Å². The number of piperidine rings is 1. The lowest BCUT2D eigenvalue weighted by Crippen LogP contribution is -2.46. The molecule has 0 radical (unpaired) electrons. The molecule has 3 N–H and O–H groups in total. The van der Waals surface area contributed by atoms with Crippen LogP contribution in [0, 0.1) is 5.92 Å². The van der Waals surface area contributed by atoms with Crippen LogP contribution in [-0.2, 0) is 0 Å². The highest BCUT2D eigenvalue weighted by atomic mass is 16.5. The minimum atomic E-state index is -0.825. The fourth-order valence-electron chi connectivity index (χ4n) is 3.10. The number of aliphatic hydroxyl groups excluding tert-OH is 1. The van der Waals surface area contributed by atoms with Gasteiger partial charge in [0.05, 0.1) is 18.8 Å². The lowest BCUT2D eigenvalue weighted by atomic mass is 9.92. The van der Waals surface area contributed by atoms with Gasteiger partial charge < -0.3 is 25.2 Å². The number of hydrogen-bond acceptors (Lipinski definition) is 4. The van der Waals surface area contributed by atoms with Crippen LogP contribution in [0.3, 0.4) is 0 Å². The zero-order chi connectivity index (χ0) is 19.9. The van der Waals surface area contributed by atoms with Gasteiger partial charge in [-0.2, -0.15) is 0 Å². The molecule has 0 aromatic heterocycles. The number of ether oxygens (including phenoxy) is 1. The molecule has 2 rings (SSSR count). The first-order chi connectivity index (χ1) is 12.8. The molecule has 1 fully saturated rings. The van der Waals surface area contributed by atoms with Crippen molar-refractivity contribution in [2.45, 2.75) is 45.1 Å². The summed E-state index contributed by atoms with van der Waals surface area (Å²) in [6, 6.07) is 6.96. The summed E-state index contributed by atoms with van der Waals surface area (Å²) in [7, 11) is 0. The van der Waals surface area contributed by atoms with Crippen molar-refractivity contribution < 1.29 is 24.5 Å². The Kier molecular flexibility index (Phi) is 7.47. The number of carboxylic acid groups (broad SMARTS) is 1. The molecule has 1 aliphatic heterocycles. The zero-order valence-electron chi connectivity index (χ0n) is 16.1. The fraction of sp³-hybridized carbons (Fsp3) is 0.600. The molecule has 1 aromatic carbocycles. The third-order valence-electron chi connectivity index (χ3n) is 4.87. The summed E-state index contributed by atoms with van der Waals surface area (Å²) >= 11 is 0. The van der Waals surface area contributed by atoms with E-state index >= 15 is 0 Å². The summed E-state index contributed by atoms with van der Waals surface area (Å²) < 4.78 is 5.74. The minimum absolute atomic E-state index is 0.130. The van der Waals surface area contributed by atoms with E-state index in [2.05, 4.69) is 5.32 Å². The maximum absolute atomic E-state index is 12.1. The number of nitrogens with one attached hydrogen (secondary N) is 1. The van der Waals surface area contributed by atoms with Gasteiger partial charge in [0.2, 0.25) is 0 Å². The number of benzene rings is 1. The van der Waals surface area contributed by atoms with E-state index in [0.29, 0.717) is 36.9 Å². The van der Waals surface area contributed by atoms with Crippen LogP contribution in [0.15, 0.2) is 24.3 Å². The van der Waals surface area contributed by atoms with E-state index in [1.165, 1.54) is 4.90 Å². The number of rotatable bonds is 8.